The largest absolute Gasteiger partial charge is 0.248 e. The van der Waals surface area contributed by atoms with E-state index in [9.17, 15) is 0 Å². The predicted octanol–water partition coefficient (Wildman–Crippen LogP) is 13.3. The smallest absolute Gasteiger partial charge is 0.160 e. The van der Waals surface area contributed by atoms with Crippen molar-refractivity contribution in [2.45, 2.75) is 0 Å². The van der Waals surface area contributed by atoms with E-state index in [0.717, 1.165) is 66.9 Å². The number of hydrogen-bond donors (Lipinski definition) is 0. The van der Waals surface area contributed by atoms with Crippen LogP contribution in [0.1, 0.15) is 0 Å². The normalized spacial score (nSPS) is 11.3. The molecule has 0 aliphatic heterocycles. The molecule has 2 aromatic heterocycles. The Labute approximate surface area is 313 Å². The van der Waals surface area contributed by atoms with Crippen LogP contribution in [0.2, 0.25) is 0 Å². The molecule has 3 nitrogen and oxygen atoms in total. The maximum absolute atomic E-state index is 5.33. The molecule has 2 heterocycles. The predicted molar refractivity (Wildman–Crippen MR) is 225 cm³/mol. The van der Waals surface area contributed by atoms with Gasteiger partial charge < -0.3 is 0 Å². The molecule has 0 radical (unpaired) electrons. The van der Waals surface area contributed by atoms with Gasteiger partial charge in [-0.05, 0) is 74.1 Å². The SMILES string of the molecule is c1ccc(-c2cc(-c3ccccc3)nc(-c3cccc(-c4cc(-c5cccc6ccccc56)nc5ccc(-c6cccc7ccccc67)cc45)c3)n2)cc1. The highest BCUT2D eigenvalue weighted by atomic mass is 14.9. The van der Waals surface area contributed by atoms with Crippen LogP contribution in [-0.2, 0) is 0 Å². The molecule has 0 aliphatic rings. The monoisotopic (exact) mass is 687 g/mol. The van der Waals surface area contributed by atoms with E-state index in [1.165, 1.54) is 27.1 Å². The van der Waals surface area contributed by atoms with Gasteiger partial charge >= 0.3 is 0 Å². The lowest BCUT2D eigenvalue weighted by Gasteiger charge is -2.15. The maximum atomic E-state index is 5.33. The van der Waals surface area contributed by atoms with E-state index in [1.54, 1.807) is 0 Å². The van der Waals surface area contributed by atoms with Gasteiger partial charge in [-0.1, -0.05) is 170 Å². The highest BCUT2D eigenvalue weighted by molar-refractivity contribution is 6.04. The summed E-state index contributed by atoms with van der Waals surface area (Å²) in [6.07, 6.45) is 0. The van der Waals surface area contributed by atoms with Crippen molar-refractivity contribution in [1.29, 1.82) is 0 Å². The Bertz CT molecular complexity index is 2920. The first-order chi connectivity index (χ1) is 26.7. The summed E-state index contributed by atoms with van der Waals surface area (Å²) in [5, 5.41) is 5.91. The third-order valence-electron chi connectivity index (χ3n) is 10.3. The van der Waals surface area contributed by atoms with Crippen molar-refractivity contribution in [2.24, 2.45) is 0 Å². The number of fused-ring (bicyclic) bond motifs is 3. The van der Waals surface area contributed by atoms with Crippen LogP contribution in [-0.4, -0.2) is 15.0 Å². The molecule has 10 rings (SSSR count). The Morgan fingerprint density at radius 3 is 1.46 bits per heavy atom. The summed E-state index contributed by atoms with van der Waals surface area (Å²) < 4.78 is 0. The van der Waals surface area contributed by atoms with Crippen molar-refractivity contribution in [3.63, 3.8) is 0 Å². The van der Waals surface area contributed by atoms with Gasteiger partial charge in [-0.2, -0.15) is 0 Å². The molecule has 0 saturated carbocycles. The summed E-state index contributed by atoms with van der Waals surface area (Å²) in [7, 11) is 0. The summed E-state index contributed by atoms with van der Waals surface area (Å²) in [5.41, 5.74) is 12.3. The molecule has 0 amide bonds. The Kier molecular flexibility index (Phi) is 7.81. The van der Waals surface area contributed by atoms with Gasteiger partial charge in [-0.3, -0.25) is 0 Å². The van der Waals surface area contributed by atoms with E-state index in [-0.39, 0.29) is 0 Å². The van der Waals surface area contributed by atoms with E-state index >= 15 is 0 Å². The van der Waals surface area contributed by atoms with E-state index < -0.39 is 0 Å². The van der Waals surface area contributed by atoms with Crippen LogP contribution in [0.25, 0.3) is 99.9 Å². The molecule has 0 N–H and O–H groups in total. The third-order valence-corrected chi connectivity index (χ3v) is 10.3. The van der Waals surface area contributed by atoms with Gasteiger partial charge in [0.2, 0.25) is 0 Å². The summed E-state index contributed by atoms with van der Waals surface area (Å²) in [6, 6.07) is 70.4. The molecule has 54 heavy (non-hydrogen) atoms. The minimum absolute atomic E-state index is 0.682. The van der Waals surface area contributed by atoms with Gasteiger partial charge in [0.05, 0.1) is 22.6 Å². The zero-order valence-electron chi connectivity index (χ0n) is 29.4. The quantitative estimate of drug-likeness (QED) is 0.175. The Hall–Kier alpha value is -7.23. The fraction of sp³-hybridized carbons (Fsp3) is 0. The van der Waals surface area contributed by atoms with Crippen LogP contribution in [0.5, 0.6) is 0 Å². The average molecular weight is 688 g/mol. The van der Waals surface area contributed by atoms with Crippen LogP contribution in [0.15, 0.2) is 200 Å². The van der Waals surface area contributed by atoms with Crippen LogP contribution in [0.4, 0.5) is 0 Å². The lowest BCUT2D eigenvalue weighted by atomic mass is 9.92. The summed E-state index contributed by atoms with van der Waals surface area (Å²) >= 11 is 0. The second kappa shape index (κ2) is 13.4. The Morgan fingerprint density at radius 1 is 0.259 bits per heavy atom. The molecule has 0 unspecified atom stereocenters. The van der Waals surface area contributed by atoms with Crippen molar-refractivity contribution in [2.75, 3.05) is 0 Å². The second-order valence-electron chi connectivity index (χ2n) is 13.6. The molecule has 0 fully saturated rings. The second-order valence-corrected chi connectivity index (χ2v) is 13.6. The molecule has 0 spiro atoms. The zero-order chi connectivity index (χ0) is 35.8. The molecule has 252 valence electrons. The van der Waals surface area contributed by atoms with Crippen molar-refractivity contribution in [1.82, 2.24) is 15.0 Å². The number of aromatic nitrogens is 3. The summed E-state index contributed by atoms with van der Waals surface area (Å²) in [6.45, 7) is 0. The molecular formula is C51H33N3. The van der Waals surface area contributed by atoms with Crippen LogP contribution in [0, 0.1) is 0 Å². The van der Waals surface area contributed by atoms with Crippen molar-refractivity contribution in [3.8, 4) is 67.4 Å². The minimum Gasteiger partial charge on any atom is -0.248 e. The van der Waals surface area contributed by atoms with Gasteiger partial charge in [-0.25, -0.2) is 15.0 Å². The highest BCUT2D eigenvalue weighted by Gasteiger charge is 2.16. The molecule has 0 atom stereocenters. The fourth-order valence-electron chi connectivity index (χ4n) is 7.61. The maximum Gasteiger partial charge on any atom is 0.160 e. The zero-order valence-corrected chi connectivity index (χ0v) is 29.4. The van der Waals surface area contributed by atoms with E-state index in [4.69, 9.17) is 15.0 Å². The summed E-state index contributed by atoms with van der Waals surface area (Å²) in [5.74, 6) is 0.682. The first-order valence-electron chi connectivity index (χ1n) is 18.3. The molecule has 8 aromatic carbocycles. The average Bonchev–Trinajstić information content (AvgIpc) is 3.26. The van der Waals surface area contributed by atoms with E-state index in [1.807, 2.05) is 12.1 Å². The number of nitrogens with zero attached hydrogens (tertiary/aromatic N) is 3. The van der Waals surface area contributed by atoms with Crippen LogP contribution >= 0.6 is 0 Å². The van der Waals surface area contributed by atoms with Gasteiger partial charge in [0.25, 0.3) is 0 Å². The standard InChI is InChI=1S/C51H33N3/c1-3-16-36(17-4-1)48-33-49(37-18-5-2-6-19-37)54-51(53-48)40-23-11-22-38(30-40)45-32-50(44-27-13-21-35-15-8-10-25-42(35)44)52-47-29-28-39(31-46(45)47)43-26-12-20-34-14-7-9-24-41(34)43/h1-33H. The van der Waals surface area contributed by atoms with E-state index in [2.05, 4.69) is 188 Å². The number of rotatable bonds is 6. The molecule has 0 aliphatic carbocycles. The Balaban J connectivity index is 1.19. The lowest BCUT2D eigenvalue weighted by molar-refractivity contribution is 1.18. The topological polar surface area (TPSA) is 38.7 Å². The van der Waals surface area contributed by atoms with Crippen molar-refractivity contribution < 1.29 is 0 Å². The summed E-state index contributed by atoms with van der Waals surface area (Å²) in [4.78, 5) is 15.6. The van der Waals surface area contributed by atoms with Crippen molar-refractivity contribution >= 4 is 32.4 Å². The molecule has 0 bridgehead atoms. The Morgan fingerprint density at radius 2 is 0.778 bits per heavy atom. The molecular weight excluding hydrogens is 655 g/mol. The number of pyridine rings is 1. The lowest BCUT2D eigenvalue weighted by Crippen LogP contribution is -1.96. The van der Waals surface area contributed by atoms with Gasteiger partial charge in [0.15, 0.2) is 5.82 Å². The molecule has 3 heteroatoms. The van der Waals surface area contributed by atoms with Gasteiger partial charge in [0.1, 0.15) is 0 Å². The molecule has 10 aromatic rings. The minimum atomic E-state index is 0.682. The van der Waals surface area contributed by atoms with Crippen molar-refractivity contribution in [3.05, 3.63) is 200 Å². The van der Waals surface area contributed by atoms with Crippen LogP contribution in [0.3, 0.4) is 0 Å². The first-order valence-corrected chi connectivity index (χ1v) is 18.3. The van der Waals surface area contributed by atoms with Gasteiger partial charge in [0, 0.05) is 27.6 Å². The van der Waals surface area contributed by atoms with E-state index in [0.29, 0.717) is 5.82 Å². The van der Waals surface area contributed by atoms with Gasteiger partial charge in [-0.15, -0.1) is 0 Å². The number of benzene rings is 8. The highest BCUT2D eigenvalue weighted by Crippen LogP contribution is 2.39. The van der Waals surface area contributed by atoms with Crippen LogP contribution < -0.4 is 0 Å². The fourth-order valence-corrected chi connectivity index (χ4v) is 7.61. The molecule has 0 saturated heterocycles. The number of hydrogen-bond acceptors (Lipinski definition) is 3. The third kappa shape index (κ3) is 5.78. The first kappa shape index (κ1) is 31.5.